The third-order valence-electron chi connectivity index (χ3n) is 4.28. The maximum atomic E-state index is 14.7. The number of halogens is 2. The van der Waals surface area contributed by atoms with E-state index in [2.05, 4.69) is 0 Å². The summed E-state index contributed by atoms with van der Waals surface area (Å²) in [6.07, 6.45) is 0.540. The number of likely N-dealkylation sites (N-methyl/N-ethyl adjacent to an activating group) is 1. The largest absolute Gasteiger partial charge is 0.760 e. The second-order valence-corrected chi connectivity index (χ2v) is 6.92. The van der Waals surface area contributed by atoms with Gasteiger partial charge in [-0.1, -0.05) is 0 Å². The number of rotatable bonds is 7. The highest BCUT2D eigenvalue weighted by molar-refractivity contribution is 7.77. The Labute approximate surface area is 153 Å². The molecule has 1 aromatic rings. The summed E-state index contributed by atoms with van der Waals surface area (Å²) < 4.78 is 63.2. The summed E-state index contributed by atoms with van der Waals surface area (Å²) in [5, 5.41) is 0. The minimum Gasteiger partial charge on any atom is -0.760 e. The average molecular weight is 391 g/mol. The molecule has 1 amide bonds. The van der Waals surface area contributed by atoms with Crippen molar-refractivity contribution >= 4 is 17.2 Å². The molecule has 1 N–H and O–H groups in total. The van der Waals surface area contributed by atoms with Crippen molar-refractivity contribution in [3.8, 4) is 0 Å². The van der Waals surface area contributed by atoms with Gasteiger partial charge in [-0.3, -0.25) is 9.00 Å². The molecule has 0 spiro atoms. The van der Waals surface area contributed by atoms with Gasteiger partial charge in [0.2, 0.25) is 5.91 Å². The van der Waals surface area contributed by atoms with Crippen LogP contribution in [0.2, 0.25) is 0 Å². The van der Waals surface area contributed by atoms with Gasteiger partial charge >= 0.3 is 0 Å². The molecule has 0 radical (unpaired) electrons. The molecule has 1 heterocycles. The van der Waals surface area contributed by atoms with Crippen LogP contribution in [0.4, 0.5) is 8.78 Å². The molecule has 10 heteroatoms. The fourth-order valence-corrected chi connectivity index (χ4v) is 3.00. The van der Waals surface area contributed by atoms with E-state index >= 15 is 0 Å². The highest BCUT2D eigenvalue weighted by Crippen LogP contribution is 2.38. The van der Waals surface area contributed by atoms with Gasteiger partial charge in [0.05, 0.1) is 0 Å². The van der Waals surface area contributed by atoms with Crippen LogP contribution in [0.15, 0.2) is 12.1 Å². The van der Waals surface area contributed by atoms with Gasteiger partial charge < -0.3 is 18.9 Å². The number of carbonyl (C=O) groups excluding carboxylic acids is 1. The van der Waals surface area contributed by atoms with Crippen molar-refractivity contribution in [2.24, 2.45) is 0 Å². The maximum absolute atomic E-state index is 14.7. The van der Waals surface area contributed by atoms with E-state index in [1.54, 1.807) is 14.1 Å². The van der Waals surface area contributed by atoms with E-state index in [0.717, 1.165) is 12.1 Å². The fraction of sp³-hybridized carbons (Fsp3) is 0.562. The maximum Gasteiger partial charge on any atom is 0.248 e. The molecule has 0 aromatic heterocycles. The Morgan fingerprint density at radius 3 is 2.58 bits per heavy atom. The molecule has 26 heavy (non-hydrogen) atoms. The van der Waals surface area contributed by atoms with Gasteiger partial charge in [-0.25, -0.2) is 13.5 Å². The lowest BCUT2D eigenvalue weighted by atomic mass is 9.85. The summed E-state index contributed by atoms with van der Waals surface area (Å²) in [7, 11) is 3.15. The van der Waals surface area contributed by atoms with E-state index in [4.69, 9.17) is 9.47 Å². The van der Waals surface area contributed by atoms with Gasteiger partial charge in [-0.15, -0.1) is 0 Å². The molecular weight excluding hydrogens is 370 g/mol. The number of ether oxygens (including phenoxy) is 2. The minimum absolute atomic E-state index is 0.00291. The van der Waals surface area contributed by atoms with Crippen LogP contribution >= 0.6 is 0 Å². The molecule has 0 saturated carbocycles. The first-order valence-electron chi connectivity index (χ1n) is 7.98. The van der Waals surface area contributed by atoms with Crippen LogP contribution in [0.25, 0.3) is 0 Å². The summed E-state index contributed by atoms with van der Waals surface area (Å²) in [6.45, 7) is -0.0624. The fourth-order valence-electron chi connectivity index (χ4n) is 2.73. The Morgan fingerprint density at radius 1 is 1.35 bits per heavy atom. The molecule has 1 unspecified atom stereocenters. The first kappa shape index (κ1) is 20.8. The van der Waals surface area contributed by atoms with Crippen LogP contribution in [0.5, 0.6) is 0 Å². The molecule has 0 bridgehead atoms. The molecule has 1 aromatic carbocycles. The van der Waals surface area contributed by atoms with Gasteiger partial charge in [0, 0.05) is 69.1 Å². The van der Waals surface area contributed by atoms with Crippen molar-refractivity contribution in [3.63, 3.8) is 0 Å². The molecule has 7 nitrogen and oxygen atoms in total. The van der Waals surface area contributed by atoms with Crippen molar-refractivity contribution in [1.29, 1.82) is 0 Å². The van der Waals surface area contributed by atoms with Crippen LogP contribution in [-0.2, 0) is 37.7 Å². The number of benzene rings is 1. The van der Waals surface area contributed by atoms with E-state index in [1.165, 1.54) is 4.90 Å². The topological polar surface area (TPSA) is 90.9 Å². The number of amides is 1. The van der Waals surface area contributed by atoms with E-state index in [1.807, 2.05) is 4.72 Å². The average Bonchev–Trinajstić information content (AvgIpc) is 2.60. The Morgan fingerprint density at radius 2 is 2.00 bits per heavy atom. The normalized spacial score (nSPS) is 17.7. The molecular formula is C16H21F2N2O5S-. The predicted octanol–water partition coefficient (Wildman–Crippen LogP) is 0.959. The molecule has 1 fully saturated rings. The van der Waals surface area contributed by atoms with Gasteiger partial charge in [-0.2, -0.15) is 0 Å². The van der Waals surface area contributed by atoms with Crippen molar-refractivity contribution in [3.05, 3.63) is 34.9 Å². The van der Waals surface area contributed by atoms with Crippen LogP contribution in [0.1, 0.15) is 24.0 Å². The minimum atomic E-state index is -2.58. The van der Waals surface area contributed by atoms with Gasteiger partial charge in [0.1, 0.15) is 23.8 Å². The van der Waals surface area contributed by atoms with Gasteiger partial charge in [0.25, 0.3) is 0 Å². The van der Waals surface area contributed by atoms with Crippen molar-refractivity contribution in [1.82, 2.24) is 9.62 Å². The molecule has 146 valence electrons. The Bertz CT molecular complexity index is 681. The smallest absolute Gasteiger partial charge is 0.248 e. The molecule has 1 aliphatic rings. The van der Waals surface area contributed by atoms with Gasteiger partial charge in [-0.05, 0) is 12.1 Å². The number of hydrogen-bond acceptors (Lipinski definition) is 5. The summed E-state index contributed by atoms with van der Waals surface area (Å²) in [6, 6.07) is 1.95. The first-order valence-corrected chi connectivity index (χ1v) is 9.06. The van der Waals surface area contributed by atoms with Crippen molar-refractivity contribution < 1.29 is 31.8 Å². The van der Waals surface area contributed by atoms with E-state index < -0.39 is 28.5 Å². The lowest BCUT2D eigenvalue weighted by molar-refractivity contribution is -0.152. The van der Waals surface area contributed by atoms with Gasteiger partial charge in [0.15, 0.2) is 0 Å². The molecule has 1 saturated heterocycles. The predicted molar refractivity (Wildman–Crippen MR) is 88.5 cm³/mol. The number of nitrogens with one attached hydrogen (secondary N) is 1. The van der Waals surface area contributed by atoms with Crippen LogP contribution in [0, 0.1) is 11.6 Å². The summed E-state index contributed by atoms with van der Waals surface area (Å²) in [5.41, 5.74) is -1.30. The zero-order valence-corrected chi connectivity index (χ0v) is 15.4. The van der Waals surface area contributed by atoms with Crippen LogP contribution < -0.4 is 4.72 Å². The van der Waals surface area contributed by atoms with E-state index in [9.17, 15) is 22.3 Å². The lowest BCUT2D eigenvalue weighted by Gasteiger charge is -2.38. The second kappa shape index (κ2) is 8.96. The molecule has 1 atom stereocenters. The highest BCUT2D eigenvalue weighted by Gasteiger charge is 2.39. The van der Waals surface area contributed by atoms with E-state index in [0.29, 0.717) is 0 Å². The Hall–Kier alpha value is -1.46. The standard InChI is InChI=1S/C16H22F2N2O5S/c1-20(2)15(21)10-25-16(3-5-24-6-4-16)12-8-13(17)11(7-14(12)18)9-19-26(22)23/h7-8,19H,3-6,9-10H2,1-2H3,(H,22,23)/p-1. The van der Waals surface area contributed by atoms with Crippen LogP contribution in [0.3, 0.4) is 0 Å². The third-order valence-corrected chi connectivity index (χ3v) is 4.66. The molecule has 2 rings (SSSR count). The molecule has 0 aliphatic carbocycles. The molecule has 1 aliphatic heterocycles. The van der Waals surface area contributed by atoms with E-state index in [-0.39, 0.29) is 56.2 Å². The lowest BCUT2D eigenvalue weighted by Crippen LogP contribution is -2.40. The Kier molecular flexibility index (Phi) is 7.18. The third kappa shape index (κ3) is 5.04. The van der Waals surface area contributed by atoms with Crippen LogP contribution in [-0.4, -0.2) is 53.5 Å². The highest BCUT2D eigenvalue weighted by atomic mass is 32.2. The first-order chi connectivity index (χ1) is 12.2. The monoisotopic (exact) mass is 391 g/mol. The second-order valence-electron chi connectivity index (χ2n) is 6.16. The number of nitrogens with zero attached hydrogens (tertiary/aromatic N) is 1. The van der Waals surface area contributed by atoms with Crippen molar-refractivity contribution in [2.75, 3.05) is 33.9 Å². The summed E-state index contributed by atoms with van der Waals surface area (Å²) in [5.74, 6) is -1.78. The Balaban J connectivity index is 2.31. The zero-order chi connectivity index (χ0) is 19.3. The summed E-state index contributed by atoms with van der Waals surface area (Å²) in [4.78, 5) is 13.2. The summed E-state index contributed by atoms with van der Waals surface area (Å²) >= 11 is -2.58. The number of carbonyl (C=O) groups is 1. The van der Waals surface area contributed by atoms with Crippen molar-refractivity contribution in [2.45, 2.75) is 25.0 Å². The number of hydrogen-bond donors (Lipinski definition) is 1. The zero-order valence-electron chi connectivity index (χ0n) is 14.5. The quantitative estimate of drug-likeness (QED) is 0.699. The SMILES string of the molecule is CN(C)C(=O)COC1(c2cc(F)c(CNS(=O)[O-])cc2F)CCOCC1.